The Bertz CT molecular complexity index is 1020. The van der Waals surface area contributed by atoms with Gasteiger partial charge in [0.15, 0.2) is 0 Å². The van der Waals surface area contributed by atoms with Crippen molar-refractivity contribution < 1.29 is 22.4 Å². The Hall–Kier alpha value is -2.80. The van der Waals surface area contributed by atoms with Gasteiger partial charge in [-0.1, -0.05) is 24.3 Å². The lowest BCUT2D eigenvalue weighted by molar-refractivity contribution is 0.0526. The number of ether oxygens (including phenoxy) is 1. The van der Waals surface area contributed by atoms with E-state index in [0.717, 1.165) is 0 Å². The van der Waals surface area contributed by atoms with Gasteiger partial charge in [0.25, 0.3) is 10.0 Å². The number of hydrogen-bond acceptors (Lipinski definition) is 5. The molecule has 0 radical (unpaired) electrons. The van der Waals surface area contributed by atoms with Crippen molar-refractivity contribution in [2.45, 2.75) is 18.7 Å². The minimum Gasteiger partial charge on any atom is -0.462 e. The van der Waals surface area contributed by atoms with Gasteiger partial charge in [-0.15, -0.1) is 0 Å². The zero-order valence-corrected chi connectivity index (χ0v) is 14.6. The van der Waals surface area contributed by atoms with E-state index in [9.17, 15) is 13.2 Å². The molecular formula is C18H17NO5S. The standard InChI is InChI=1S/C18H17NO5S/c1-3-23-18(20)16-12(2)24-15-11-7-10-14(17(15)16)19-25(21,22)13-8-5-4-6-9-13/h4-11,19H,3H2,1-2H3. The molecule has 7 heteroatoms. The van der Waals surface area contributed by atoms with Crippen molar-refractivity contribution in [2.24, 2.45) is 0 Å². The van der Waals surface area contributed by atoms with Gasteiger partial charge in [-0.05, 0) is 38.1 Å². The number of benzene rings is 2. The summed E-state index contributed by atoms with van der Waals surface area (Å²) in [6, 6.07) is 12.9. The number of carbonyl (C=O) groups is 1. The van der Waals surface area contributed by atoms with Crippen LogP contribution in [0, 0.1) is 6.92 Å². The van der Waals surface area contributed by atoms with Gasteiger partial charge < -0.3 is 9.15 Å². The summed E-state index contributed by atoms with van der Waals surface area (Å²) in [5, 5.41) is 0.387. The molecule has 0 aliphatic rings. The third kappa shape index (κ3) is 3.23. The van der Waals surface area contributed by atoms with Crippen molar-refractivity contribution in [3.63, 3.8) is 0 Å². The summed E-state index contributed by atoms with van der Waals surface area (Å²) in [5.74, 6) is -0.176. The molecule has 6 nitrogen and oxygen atoms in total. The monoisotopic (exact) mass is 359 g/mol. The Morgan fingerprint density at radius 2 is 1.84 bits per heavy atom. The molecule has 1 N–H and O–H groups in total. The van der Waals surface area contributed by atoms with Crippen LogP contribution >= 0.6 is 0 Å². The Morgan fingerprint density at radius 3 is 2.52 bits per heavy atom. The van der Waals surface area contributed by atoms with Crippen LogP contribution in [0.25, 0.3) is 11.0 Å². The molecule has 1 heterocycles. The normalized spacial score (nSPS) is 11.4. The van der Waals surface area contributed by atoms with Gasteiger partial charge in [-0.25, -0.2) is 13.2 Å². The third-order valence-corrected chi connectivity index (χ3v) is 5.05. The fourth-order valence-electron chi connectivity index (χ4n) is 2.60. The molecule has 1 aromatic heterocycles. The van der Waals surface area contributed by atoms with Crippen LogP contribution in [-0.4, -0.2) is 21.0 Å². The van der Waals surface area contributed by atoms with Gasteiger partial charge in [0.2, 0.25) is 0 Å². The zero-order chi connectivity index (χ0) is 18.0. The molecule has 0 atom stereocenters. The molecule has 0 aliphatic carbocycles. The molecule has 0 unspecified atom stereocenters. The summed E-state index contributed by atoms with van der Waals surface area (Å²) in [5.41, 5.74) is 0.901. The SMILES string of the molecule is CCOC(=O)c1c(C)oc2cccc(NS(=O)(=O)c3ccccc3)c12. The second-order valence-corrected chi connectivity index (χ2v) is 7.03. The summed E-state index contributed by atoms with van der Waals surface area (Å²) in [6.07, 6.45) is 0. The minimum absolute atomic E-state index is 0.130. The molecule has 25 heavy (non-hydrogen) atoms. The van der Waals surface area contributed by atoms with Crippen molar-refractivity contribution in [1.82, 2.24) is 0 Å². The maximum atomic E-state index is 12.6. The van der Waals surface area contributed by atoms with Crippen molar-refractivity contribution in [1.29, 1.82) is 0 Å². The first-order valence-electron chi connectivity index (χ1n) is 7.71. The predicted octanol–water partition coefficient (Wildman–Crippen LogP) is 3.72. The molecule has 2 aromatic carbocycles. The van der Waals surface area contributed by atoms with Crippen LogP contribution in [0.4, 0.5) is 5.69 Å². The van der Waals surface area contributed by atoms with Crippen LogP contribution in [-0.2, 0) is 14.8 Å². The molecular weight excluding hydrogens is 342 g/mol. The van der Waals surface area contributed by atoms with E-state index < -0.39 is 16.0 Å². The highest BCUT2D eigenvalue weighted by atomic mass is 32.2. The molecule has 0 saturated carbocycles. The average Bonchev–Trinajstić information content (AvgIpc) is 2.93. The largest absolute Gasteiger partial charge is 0.462 e. The van der Waals surface area contributed by atoms with Crippen LogP contribution in [0.2, 0.25) is 0 Å². The van der Waals surface area contributed by atoms with Gasteiger partial charge in [0.05, 0.1) is 22.6 Å². The summed E-state index contributed by atoms with van der Waals surface area (Å²) >= 11 is 0. The zero-order valence-electron chi connectivity index (χ0n) is 13.8. The highest BCUT2D eigenvalue weighted by molar-refractivity contribution is 7.92. The molecule has 0 bridgehead atoms. The van der Waals surface area contributed by atoms with Crippen LogP contribution in [0.3, 0.4) is 0 Å². The number of sulfonamides is 1. The summed E-state index contributed by atoms with van der Waals surface area (Å²) in [4.78, 5) is 12.4. The number of fused-ring (bicyclic) bond motifs is 1. The van der Waals surface area contributed by atoms with Crippen LogP contribution in [0.5, 0.6) is 0 Å². The Labute approximate surface area is 145 Å². The van der Waals surface area contributed by atoms with E-state index in [0.29, 0.717) is 16.7 Å². The summed E-state index contributed by atoms with van der Waals surface area (Å²) < 4.78 is 38.4. The average molecular weight is 359 g/mol. The smallest absolute Gasteiger partial charge is 0.342 e. The second kappa shape index (κ2) is 6.60. The van der Waals surface area contributed by atoms with Gasteiger partial charge in [0, 0.05) is 0 Å². The van der Waals surface area contributed by atoms with Gasteiger partial charge >= 0.3 is 5.97 Å². The number of rotatable bonds is 5. The number of hydrogen-bond donors (Lipinski definition) is 1. The first kappa shape index (κ1) is 17.0. The number of furan rings is 1. The lowest BCUT2D eigenvalue weighted by atomic mass is 10.1. The summed E-state index contributed by atoms with van der Waals surface area (Å²) in [7, 11) is -3.79. The van der Waals surface area contributed by atoms with Gasteiger partial charge in [-0.3, -0.25) is 4.72 Å². The number of anilines is 1. The van der Waals surface area contributed by atoms with Crippen LogP contribution < -0.4 is 4.72 Å². The predicted molar refractivity (Wildman–Crippen MR) is 94.2 cm³/mol. The van der Waals surface area contributed by atoms with E-state index in [2.05, 4.69) is 4.72 Å². The maximum Gasteiger partial charge on any atom is 0.342 e. The fraction of sp³-hybridized carbons (Fsp3) is 0.167. The minimum atomic E-state index is -3.79. The highest BCUT2D eigenvalue weighted by Crippen LogP contribution is 2.33. The second-order valence-electron chi connectivity index (χ2n) is 5.35. The number of aryl methyl sites for hydroxylation is 1. The molecule has 0 fully saturated rings. The molecule has 0 saturated heterocycles. The van der Waals surface area contributed by atoms with E-state index >= 15 is 0 Å². The molecule has 0 spiro atoms. The molecule has 0 amide bonds. The maximum absolute atomic E-state index is 12.6. The third-order valence-electron chi connectivity index (χ3n) is 3.67. The van der Waals surface area contributed by atoms with E-state index in [4.69, 9.17) is 9.15 Å². The quantitative estimate of drug-likeness (QED) is 0.702. The molecule has 130 valence electrons. The van der Waals surface area contributed by atoms with Crippen molar-refractivity contribution in [2.75, 3.05) is 11.3 Å². The Kier molecular flexibility index (Phi) is 4.50. The Balaban J connectivity index is 2.13. The topological polar surface area (TPSA) is 85.6 Å². The van der Waals surface area contributed by atoms with Crippen LogP contribution in [0.1, 0.15) is 23.0 Å². The van der Waals surface area contributed by atoms with E-state index in [-0.39, 0.29) is 22.8 Å². The van der Waals surface area contributed by atoms with E-state index in [1.807, 2.05) is 0 Å². The van der Waals surface area contributed by atoms with Crippen LogP contribution in [0.15, 0.2) is 57.8 Å². The lowest BCUT2D eigenvalue weighted by Crippen LogP contribution is -2.14. The molecule has 3 rings (SSSR count). The number of carbonyl (C=O) groups excluding carboxylic acids is 1. The molecule has 0 aliphatic heterocycles. The van der Waals surface area contributed by atoms with Crippen molar-refractivity contribution in [3.8, 4) is 0 Å². The van der Waals surface area contributed by atoms with Crippen molar-refractivity contribution >= 4 is 32.6 Å². The van der Waals surface area contributed by atoms with E-state index in [1.165, 1.54) is 12.1 Å². The van der Waals surface area contributed by atoms with E-state index in [1.54, 1.807) is 50.2 Å². The number of esters is 1. The van der Waals surface area contributed by atoms with Crippen molar-refractivity contribution in [3.05, 3.63) is 59.9 Å². The molecule has 3 aromatic rings. The van der Waals surface area contributed by atoms with Gasteiger partial charge in [0.1, 0.15) is 16.9 Å². The number of nitrogens with one attached hydrogen (secondary N) is 1. The van der Waals surface area contributed by atoms with Gasteiger partial charge in [-0.2, -0.15) is 0 Å². The first-order valence-corrected chi connectivity index (χ1v) is 9.19. The lowest BCUT2D eigenvalue weighted by Gasteiger charge is -2.10. The summed E-state index contributed by atoms with van der Waals surface area (Å²) in [6.45, 7) is 3.55. The highest BCUT2D eigenvalue weighted by Gasteiger charge is 2.24. The fourth-order valence-corrected chi connectivity index (χ4v) is 3.70. The Morgan fingerprint density at radius 1 is 1.12 bits per heavy atom. The first-order chi connectivity index (χ1) is 11.9.